The molecule has 0 heterocycles. The fourth-order valence-electron chi connectivity index (χ4n) is 2.56. The van der Waals surface area contributed by atoms with Gasteiger partial charge in [-0.1, -0.05) is 83.1 Å². The van der Waals surface area contributed by atoms with Crippen LogP contribution in [0.3, 0.4) is 0 Å². The molecule has 0 nitrogen and oxygen atoms in total. The van der Waals surface area contributed by atoms with E-state index >= 15 is 0 Å². The molecule has 1 atom stereocenters. The van der Waals surface area contributed by atoms with Crippen LogP contribution in [-0.4, -0.2) is 0 Å². The third-order valence-electron chi connectivity index (χ3n) is 4.98. The Kier molecular flexibility index (Phi) is 4.88. The Bertz CT molecular complexity index is 558. The van der Waals surface area contributed by atoms with Gasteiger partial charge < -0.3 is 0 Å². The first kappa shape index (κ1) is 15.8. The van der Waals surface area contributed by atoms with E-state index in [1.807, 2.05) is 0 Å². The van der Waals surface area contributed by atoms with E-state index in [9.17, 15) is 0 Å². The molecule has 0 aliphatic carbocycles. The van der Waals surface area contributed by atoms with Crippen LogP contribution in [-0.2, 0) is 5.41 Å². The van der Waals surface area contributed by atoms with Gasteiger partial charge in [-0.15, -0.1) is 0 Å². The van der Waals surface area contributed by atoms with Crippen LogP contribution in [0.4, 0.5) is 0 Å². The summed E-state index contributed by atoms with van der Waals surface area (Å²) in [6, 6.07) is 18.1. The highest BCUT2D eigenvalue weighted by Gasteiger charge is 2.17. The lowest BCUT2D eigenvalue weighted by Crippen LogP contribution is -2.14. The molecule has 0 aliphatic heterocycles. The van der Waals surface area contributed by atoms with E-state index in [0.717, 1.165) is 6.42 Å². The maximum Gasteiger partial charge on any atom is -0.0106 e. The van der Waals surface area contributed by atoms with Crippen LogP contribution in [0.2, 0.25) is 0 Å². The molecule has 2 aromatic rings. The Balaban J connectivity index is 2.23. The van der Waals surface area contributed by atoms with E-state index in [-0.39, 0.29) is 5.41 Å². The molecule has 0 bridgehead atoms. The zero-order valence-electron chi connectivity index (χ0n) is 14.1. The second-order valence-electron chi connectivity index (χ2n) is 6.75. The molecule has 21 heavy (non-hydrogen) atoms. The topological polar surface area (TPSA) is 0 Å². The van der Waals surface area contributed by atoms with Crippen molar-refractivity contribution in [2.24, 2.45) is 0 Å². The van der Waals surface area contributed by atoms with Crippen LogP contribution < -0.4 is 0 Å². The minimum absolute atomic E-state index is 0.263. The van der Waals surface area contributed by atoms with Crippen LogP contribution in [0.1, 0.15) is 64.5 Å². The normalized spacial score (nSPS) is 13.2. The van der Waals surface area contributed by atoms with E-state index in [4.69, 9.17) is 0 Å². The largest absolute Gasteiger partial charge is 0.0648 e. The van der Waals surface area contributed by atoms with Crippen LogP contribution in [0, 0.1) is 0 Å². The van der Waals surface area contributed by atoms with E-state index in [2.05, 4.69) is 83.1 Å². The van der Waals surface area contributed by atoms with E-state index < -0.39 is 0 Å². The van der Waals surface area contributed by atoms with Gasteiger partial charge in [0.05, 0.1) is 0 Å². The molecule has 1 unspecified atom stereocenters. The maximum absolute atomic E-state index is 2.31. The van der Waals surface area contributed by atoms with Crippen molar-refractivity contribution in [3.8, 4) is 11.1 Å². The highest BCUT2D eigenvalue weighted by molar-refractivity contribution is 5.64. The highest BCUT2D eigenvalue weighted by atomic mass is 14.2. The average molecular weight is 280 g/mol. The minimum atomic E-state index is 0.263. The van der Waals surface area contributed by atoms with Crippen molar-refractivity contribution in [2.75, 3.05) is 0 Å². The number of hydrogen-bond acceptors (Lipinski definition) is 0. The van der Waals surface area contributed by atoms with Gasteiger partial charge in [0.1, 0.15) is 0 Å². The summed E-state index contributed by atoms with van der Waals surface area (Å²) in [6.45, 7) is 11.4. The molecule has 0 N–H and O–H groups in total. The summed E-state index contributed by atoms with van der Waals surface area (Å²) in [7, 11) is 0. The Morgan fingerprint density at radius 1 is 0.810 bits per heavy atom. The van der Waals surface area contributed by atoms with Crippen LogP contribution >= 0.6 is 0 Å². The monoisotopic (exact) mass is 280 g/mol. The first-order valence-electron chi connectivity index (χ1n) is 8.18. The second-order valence-corrected chi connectivity index (χ2v) is 6.75. The number of benzene rings is 2. The number of hydrogen-bond donors (Lipinski definition) is 0. The lowest BCUT2D eigenvalue weighted by molar-refractivity contribution is 0.506. The summed E-state index contributed by atoms with van der Waals surface area (Å²) in [4.78, 5) is 0. The van der Waals surface area contributed by atoms with Gasteiger partial charge in [0.15, 0.2) is 0 Å². The molecular weight excluding hydrogens is 252 g/mol. The first-order chi connectivity index (χ1) is 9.97. The summed E-state index contributed by atoms with van der Waals surface area (Å²) < 4.78 is 0. The third-order valence-corrected chi connectivity index (χ3v) is 4.98. The molecule has 2 aromatic carbocycles. The van der Waals surface area contributed by atoms with Gasteiger partial charge >= 0.3 is 0 Å². The lowest BCUT2D eigenvalue weighted by atomic mass is 9.82. The molecule has 0 aliphatic rings. The van der Waals surface area contributed by atoms with Crippen molar-refractivity contribution >= 4 is 0 Å². The molecule has 0 heteroatoms. The van der Waals surface area contributed by atoms with Gasteiger partial charge in [-0.2, -0.15) is 0 Å². The molecule has 0 spiro atoms. The van der Waals surface area contributed by atoms with Crippen molar-refractivity contribution in [1.29, 1.82) is 0 Å². The van der Waals surface area contributed by atoms with Crippen molar-refractivity contribution in [2.45, 2.75) is 58.8 Å². The van der Waals surface area contributed by atoms with Crippen molar-refractivity contribution < 1.29 is 0 Å². The Labute approximate surface area is 130 Å². The summed E-state index contributed by atoms with van der Waals surface area (Å²) in [5, 5.41) is 0. The first-order valence-corrected chi connectivity index (χ1v) is 8.18. The Morgan fingerprint density at radius 2 is 1.29 bits per heavy atom. The summed E-state index contributed by atoms with van der Waals surface area (Å²) >= 11 is 0. The van der Waals surface area contributed by atoms with E-state index in [1.54, 1.807) is 0 Å². The minimum Gasteiger partial charge on any atom is -0.0648 e. The van der Waals surface area contributed by atoms with Crippen molar-refractivity contribution in [1.82, 2.24) is 0 Å². The molecule has 0 saturated carbocycles. The van der Waals surface area contributed by atoms with Gasteiger partial charge in [-0.05, 0) is 46.4 Å². The van der Waals surface area contributed by atoms with Gasteiger partial charge in [0.2, 0.25) is 0 Å². The fourth-order valence-corrected chi connectivity index (χ4v) is 2.56. The molecule has 112 valence electrons. The maximum atomic E-state index is 2.31. The average Bonchev–Trinajstić information content (AvgIpc) is 2.54. The molecular formula is C21H28. The van der Waals surface area contributed by atoms with E-state index in [1.165, 1.54) is 28.7 Å². The standard InChI is InChI=1S/C21H28/c1-6-16(3)17-8-10-18(11-9-17)19-12-14-20(15-13-19)21(4,5)7-2/h8-16H,6-7H2,1-5H3. The Hall–Kier alpha value is -1.56. The van der Waals surface area contributed by atoms with Gasteiger partial charge in [0.25, 0.3) is 0 Å². The van der Waals surface area contributed by atoms with E-state index in [0.29, 0.717) is 5.92 Å². The predicted octanol–water partition coefficient (Wildman–Crippen LogP) is 6.55. The van der Waals surface area contributed by atoms with Crippen LogP contribution in [0.25, 0.3) is 11.1 Å². The molecule has 2 rings (SSSR count). The Morgan fingerprint density at radius 3 is 1.71 bits per heavy atom. The fraction of sp³-hybridized carbons (Fsp3) is 0.429. The van der Waals surface area contributed by atoms with Crippen molar-refractivity contribution in [3.63, 3.8) is 0 Å². The summed E-state index contributed by atoms with van der Waals surface area (Å²) in [5.74, 6) is 0.645. The highest BCUT2D eigenvalue weighted by Crippen LogP contribution is 2.29. The lowest BCUT2D eigenvalue weighted by Gasteiger charge is -2.23. The summed E-state index contributed by atoms with van der Waals surface area (Å²) in [5.41, 5.74) is 5.73. The summed E-state index contributed by atoms with van der Waals surface area (Å²) in [6.07, 6.45) is 2.36. The number of rotatable bonds is 5. The SMILES string of the molecule is CCC(C)c1ccc(-c2ccc(C(C)(C)CC)cc2)cc1. The van der Waals surface area contributed by atoms with Crippen LogP contribution in [0.5, 0.6) is 0 Å². The quantitative estimate of drug-likeness (QED) is 0.582. The van der Waals surface area contributed by atoms with Gasteiger partial charge in [-0.25, -0.2) is 0 Å². The molecule has 0 saturated heterocycles. The zero-order valence-corrected chi connectivity index (χ0v) is 14.1. The molecule has 0 aromatic heterocycles. The molecule has 0 fully saturated rings. The third kappa shape index (κ3) is 3.56. The second kappa shape index (κ2) is 6.47. The van der Waals surface area contributed by atoms with Crippen molar-refractivity contribution in [3.05, 3.63) is 59.7 Å². The molecule has 0 amide bonds. The van der Waals surface area contributed by atoms with Gasteiger partial charge in [-0.3, -0.25) is 0 Å². The zero-order chi connectivity index (χ0) is 15.5. The molecule has 0 radical (unpaired) electrons. The smallest absolute Gasteiger partial charge is 0.0106 e. The predicted molar refractivity (Wildman–Crippen MR) is 93.9 cm³/mol. The van der Waals surface area contributed by atoms with Gasteiger partial charge in [0, 0.05) is 0 Å². The van der Waals surface area contributed by atoms with Crippen LogP contribution in [0.15, 0.2) is 48.5 Å².